The van der Waals surface area contributed by atoms with Crippen LogP contribution in [0.3, 0.4) is 0 Å². The Morgan fingerprint density at radius 1 is 1.19 bits per heavy atom. The lowest BCUT2D eigenvalue weighted by molar-refractivity contribution is -0.384. The maximum atomic E-state index is 12.0. The normalized spacial score (nSPS) is 15.4. The Kier molecular flexibility index (Phi) is 5.48. The number of nitro groups is 1. The molecule has 6 nitrogen and oxygen atoms in total. The van der Waals surface area contributed by atoms with Gasteiger partial charge < -0.3 is 4.74 Å². The Morgan fingerprint density at radius 3 is 2.62 bits per heavy atom. The number of nitro benzene ring substituents is 1. The molecule has 0 atom stereocenters. The fraction of sp³-hybridized carbons (Fsp3) is 0. The second-order valence-corrected chi connectivity index (χ2v) is 6.84. The lowest BCUT2D eigenvalue weighted by atomic mass is 10.2. The van der Waals surface area contributed by atoms with E-state index in [4.69, 9.17) is 16.3 Å². The Labute approximate surface area is 167 Å². The number of benzene rings is 2. The first kappa shape index (κ1) is 18.3. The SMILES string of the molecule is O=C1OC(c2cc(I)ccc2Cl)=N/C1=C/C=C\c1ccc([N+](=O)[O-])cc1. The average molecular weight is 481 g/mol. The highest BCUT2D eigenvalue weighted by Gasteiger charge is 2.25. The Morgan fingerprint density at radius 2 is 1.92 bits per heavy atom. The van der Waals surface area contributed by atoms with Crippen LogP contribution in [-0.4, -0.2) is 16.8 Å². The Hall–Kier alpha value is -2.52. The summed E-state index contributed by atoms with van der Waals surface area (Å²) in [5.41, 5.74) is 1.47. The number of cyclic esters (lactones) is 1. The third-order valence-corrected chi connectivity index (χ3v) is 4.43. The molecular weight excluding hydrogens is 471 g/mol. The maximum absolute atomic E-state index is 12.0. The van der Waals surface area contributed by atoms with Crippen LogP contribution in [-0.2, 0) is 9.53 Å². The minimum atomic E-state index is -0.566. The minimum absolute atomic E-state index is 0.0171. The van der Waals surface area contributed by atoms with Crippen LogP contribution in [0.15, 0.2) is 65.3 Å². The number of ether oxygens (including phenoxy) is 1. The van der Waals surface area contributed by atoms with Crippen LogP contribution in [0.2, 0.25) is 5.02 Å². The number of carbonyl (C=O) groups excluding carboxylic acids is 1. The predicted octanol–water partition coefficient (Wildman–Crippen LogP) is 4.75. The number of halogens is 2. The summed E-state index contributed by atoms with van der Waals surface area (Å²) in [5, 5.41) is 11.1. The van der Waals surface area contributed by atoms with Gasteiger partial charge in [0.2, 0.25) is 5.90 Å². The van der Waals surface area contributed by atoms with Gasteiger partial charge >= 0.3 is 5.97 Å². The second kappa shape index (κ2) is 7.79. The van der Waals surface area contributed by atoms with Gasteiger partial charge in [-0.3, -0.25) is 10.1 Å². The van der Waals surface area contributed by atoms with E-state index >= 15 is 0 Å². The molecule has 0 N–H and O–H groups in total. The van der Waals surface area contributed by atoms with Crippen LogP contribution in [0.5, 0.6) is 0 Å². The van der Waals surface area contributed by atoms with Crippen LogP contribution >= 0.6 is 34.2 Å². The number of hydrogen-bond acceptors (Lipinski definition) is 5. The molecule has 3 rings (SSSR count). The van der Waals surface area contributed by atoms with Gasteiger partial charge in [-0.1, -0.05) is 23.8 Å². The maximum Gasteiger partial charge on any atom is 0.363 e. The Bertz CT molecular complexity index is 981. The first-order chi connectivity index (χ1) is 12.4. The van der Waals surface area contributed by atoms with Crippen molar-refractivity contribution in [3.05, 3.63) is 90.1 Å². The molecule has 1 heterocycles. The largest absolute Gasteiger partial charge is 0.402 e. The van der Waals surface area contributed by atoms with Crippen molar-refractivity contribution in [2.75, 3.05) is 0 Å². The fourth-order valence-electron chi connectivity index (χ4n) is 2.16. The van der Waals surface area contributed by atoms with E-state index in [1.807, 2.05) is 6.07 Å². The van der Waals surface area contributed by atoms with Crippen molar-refractivity contribution >= 4 is 57.8 Å². The van der Waals surface area contributed by atoms with Crippen molar-refractivity contribution in [1.82, 2.24) is 0 Å². The van der Waals surface area contributed by atoms with E-state index in [9.17, 15) is 14.9 Å². The van der Waals surface area contributed by atoms with E-state index in [1.54, 1.807) is 36.4 Å². The zero-order valence-corrected chi connectivity index (χ0v) is 16.0. The molecule has 2 aromatic carbocycles. The van der Waals surface area contributed by atoms with Gasteiger partial charge in [-0.15, -0.1) is 0 Å². The highest BCUT2D eigenvalue weighted by Crippen LogP contribution is 2.24. The Balaban J connectivity index is 1.80. The standard InChI is InChI=1S/C18H10ClIN2O4/c19-15-9-6-12(20)10-14(15)17-21-16(18(23)26-17)3-1-2-11-4-7-13(8-5-11)22(24)25/h1-10H/b2-1-,16-3+. The number of non-ortho nitro benzene ring substituents is 1. The highest BCUT2D eigenvalue weighted by molar-refractivity contribution is 14.1. The molecule has 2 aromatic rings. The lowest BCUT2D eigenvalue weighted by Crippen LogP contribution is -2.06. The molecule has 8 heteroatoms. The average Bonchev–Trinajstić information content (AvgIpc) is 2.98. The monoisotopic (exact) mass is 480 g/mol. The number of aliphatic imine (C=N–C) groups is 1. The van der Waals surface area contributed by atoms with E-state index < -0.39 is 10.9 Å². The van der Waals surface area contributed by atoms with E-state index in [-0.39, 0.29) is 17.3 Å². The van der Waals surface area contributed by atoms with Gasteiger partial charge in [0.25, 0.3) is 5.69 Å². The van der Waals surface area contributed by atoms with Gasteiger partial charge in [-0.2, -0.15) is 0 Å². The predicted molar refractivity (Wildman–Crippen MR) is 107 cm³/mol. The lowest BCUT2D eigenvalue weighted by Gasteiger charge is -2.02. The van der Waals surface area contributed by atoms with Crippen LogP contribution < -0.4 is 0 Å². The topological polar surface area (TPSA) is 81.8 Å². The minimum Gasteiger partial charge on any atom is -0.402 e. The van der Waals surface area contributed by atoms with Crippen molar-refractivity contribution in [2.24, 2.45) is 4.99 Å². The van der Waals surface area contributed by atoms with Gasteiger partial charge in [-0.05, 0) is 64.6 Å². The number of allylic oxidation sites excluding steroid dienone is 2. The third-order valence-electron chi connectivity index (χ3n) is 3.43. The first-order valence-electron chi connectivity index (χ1n) is 7.33. The summed E-state index contributed by atoms with van der Waals surface area (Å²) in [6, 6.07) is 11.4. The summed E-state index contributed by atoms with van der Waals surface area (Å²) in [6.45, 7) is 0. The molecule has 0 unspecified atom stereocenters. The summed E-state index contributed by atoms with van der Waals surface area (Å²) in [5.74, 6) is -0.406. The van der Waals surface area contributed by atoms with Gasteiger partial charge in [-0.25, -0.2) is 9.79 Å². The van der Waals surface area contributed by atoms with E-state index in [1.165, 1.54) is 18.2 Å². The van der Waals surface area contributed by atoms with Crippen molar-refractivity contribution in [2.45, 2.75) is 0 Å². The molecule has 0 bridgehead atoms. The van der Waals surface area contributed by atoms with E-state index in [0.717, 1.165) is 9.13 Å². The summed E-state index contributed by atoms with van der Waals surface area (Å²) < 4.78 is 6.13. The zero-order chi connectivity index (χ0) is 18.7. The molecule has 0 radical (unpaired) electrons. The molecular formula is C18H10ClIN2O4. The molecule has 26 heavy (non-hydrogen) atoms. The van der Waals surface area contributed by atoms with Crippen LogP contribution in [0.4, 0.5) is 5.69 Å². The van der Waals surface area contributed by atoms with Gasteiger partial charge in [0, 0.05) is 15.7 Å². The highest BCUT2D eigenvalue weighted by atomic mass is 127. The van der Waals surface area contributed by atoms with E-state index in [2.05, 4.69) is 27.6 Å². The molecule has 0 fully saturated rings. The summed E-state index contributed by atoms with van der Waals surface area (Å²) in [4.78, 5) is 26.3. The van der Waals surface area contributed by atoms with E-state index in [0.29, 0.717) is 10.6 Å². The second-order valence-electron chi connectivity index (χ2n) is 5.19. The van der Waals surface area contributed by atoms with Crippen molar-refractivity contribution in [3.63, 3.8) is 0 Å². The molecule has 130 valence electrons. The molecule has 1 aliphatic rings. The van der Waals surface area contributed by atoms with Crippen LogP contribution in [0.25, 0.3) is 6.08 Å². The summed E-state index contributed by atoms with van der Waals surface area (Å²) in [7, 11) is 0. The van der Waals surface area contributed by atoms with Crippen molar-refractivity contribution < 1.29 is 14.5 Å². The molecule has 0 spiro atoms. The smallest absolute Gasteiger partial charge is 0.363 e. The molecule has 0 saturated carbocycles. The molecule has 0 aromatic heterocycles. The van der Waals surface area contributed by atoms with Crippen molar-refractivity contribution in [3.8, 4) is 0 Å². The zero-order valence-electron chi connectivity index (χ0n) is 13.1. The summed E-state index contributed by atoms with van der Waals surface area (Å²) >= 11 is 8.27. The fourth-order valence-corrected chi connectivity index (χ4v) is 2.85. The molecule has 0 saturated heterocycles. The van der Waals surface area contributed by atoms with Gasteiger partial charge in [0.15, 0.2) is 5.70 Å². The summed E-state index contributed by atoms with van der Waals surface area (Å²) in [6.07, 6.45) is 4.84. The number of hydrogen-bond donors (Lipinski definition) is 0. The van der Waals surface area contributed by atoms with Gasteiger partial charge in [0.05, 0.1) is 15.5 Å². The van der Waals surface area contributed by atoms with Gasteiger partial charge in [0.1, 0.15) is 0 Å². The third kappa shape index (κ3) is 4.17. The quantitative estimate of drug-likeness (QED) is 0.208. The van der Waals surface area contributed by atoms with Crippen molar-refractivity contribution in [1.29, 1.82) is 0 Å². The number of nitrogens with zero attached hydrogens (tertiary/aromatic N) is 2. The van der Waals surface area contributed by atoms with Crippen LogP contribution in [0, 0.1) is 13.7 Å². The molecule has 0 amide bonds. The van der Waals surface area contributed by atoms with Crippen LogP contribution in [0.1, 0.15) is 11.1 Å². The number of esters is 1. The molecule has 1 aliphatic heterocycles. The molecule has 0 aliphatic carbocycles. The number of rotatable bonds is 4. The first-order valence-corrected chi connectivity index (χ1v) is 8.79. The number of carbonyl (C=O) groups is 1.